The van der Waals surface area contributed by atoms with Crippen LogP contribution < -0.4 is 5.32 Å². The minimum absolute atomic E-state index is 0.260. The fourth-order valence-corrected chi connectivity index (χ4v) is 2.96. The van der Waals surface area contributed by atoms with Crippen LogP contribution in [0.15, 0.2) is 28.7 Å². The molecule has 0 amide bonds. The lowest BCUT2D eigenvalue weighted by Gasteiger charge is -2.19. The molecule has 0 bridgehead atoms. The quantitative estimate of drug-likeness (QED) is 0.860. The van der Waals surface area contributed by atoms with E-state index in [1.807, 2.05) is 32.0 Å². The lowest BCUT2D eigenvalue weighted by molar-refractivity contribution is 0.484. The first-order valence-corrected chi connectivity index (χ1v) is 7.45. The van der Waals surface area contributed by atoms with E-state index >= 15 is 0 Å². The maximum Gasteiger partial charge on any atom is 0.106 e. The Morgan fingerprint density at radius 1 is 1.20 bits per heavy atom. The van der Waals surface area contributed by atoms with E-state index in [0.29, 0.717) is 0 Å². The van der Waals surface area contributed by atoms with Crippen molar-refractivity contribution < 1.29 is 4.42 Å². The molecule has 1 unspecified atom stereocenters. The monoisotopic (exact) mass is 291 g/mol. The summed E-state index contributed by atoms with van der Waals surface area (Å²) in [6.45, 7) is 9.24. The number of nitrogens with one attached hydrogen (secondary N) is 1. The van der Waals surface area contributed by atoms with Gasteiger partial charge in [0, 0.05) is 16.6 Å². The predicted molar refractivity (Wildman–Crippen MR) is 84.5 cm³/mol. The molecule has 1 heterocycles. The summed E-state index contributed by atoms with van der Waals surface area (Å²) < 4.78 is 5.77. The van der Waals surface area contributed by atoms with Gasteiger partial charge in [-0.15, -0.1) is 0 Å². The van der Waals surface area contributed by atoms with E-state index in [1.54, 1.807) is 0 Å². The van der Waals surface area contributed by atoms with Crippen LogP contribution in [0.3, 0.4) is 0 Å². The van der Waals surface area contributed by atoms with Crippen LogP contribution in [0.2, 0.25) is 5.02 Å². The Morgan fingerprint density at radius 3 is 2.50 bits per heavy atom. The molecule has 0 fully saturated rings. The highest BCUT2D eigenvalue weighted by Crippen LogP contribution is 2.29. The standard InChI is InChI=1S/C17H22ClNO/c1-5-19-16(10-14-7-6-8-15(18)9-14)17-11(2)12(3)20-13(17)4/h6-9,16,19H,5,10H2,1-4H3. The number of likely N-dealkylation sites (N-methyl/N-ethyl adjacent to an activating group) is 1. The summed E-state index contributed by atoms with van der Waals surface area (Å²) in [7, 11) is 0. The SMILES string of the molecule is CCNC(Cc1cccc(Cl)c1)c1c(C)oc(C)c1C. The Hall–Kier alpha value is -1.25. The summed E-state index contributed by atoms with van der Waals surface area (Å²) >= 11 is 6.08. The smallest absolute Gasteiger partial charge is 0.106 e. The van der Waals surface area contributed by atoms with E-state index < -0.39 is 0 Å². The summed E-state index contributed by atoms with van der Waals surface area (Å²) in [5, 5.41) is 4.35. The summed E-state index contributed by atoms with van der Waals surface area (Å²) in [6.07, 6.45) is 0.912. The van der Waals surface area contributed by atoms with Gasteiger partial charge in [-0.25, -0.2) is 0 Å². The van der Waals surface area contributed by atoms with Crippen molar-refractivity contribution in [3.8, 4) is 0 Å². The maximum absolute atomic E-state index is 6.08. The number of hydrogen-bond acceptors (Lipinski definition) is 2. The van der Waals surface area contributed by atoms with Gasteiger partial charge < -0.3 is 9.73 Å². The van der Waals surface area contributed by atoms with Crippen LogP contribution in [0.25, 0.3) is 0 Å². The van der Waals surface area contributed by atoms with Crippen molar-refractivity contribution in [1.82, 2.24) is 5.32 Å². The van der Waals surface area contributed by atoms with Gasteiger partial charge in [-0.1, -0.05) is 30.7 Å². The molecule has 0 aliphatic heterocycles. The first-order chi connectivity index (χ1) is 9.52. The fraction of sp³-hybridized carbons (Fsp3) is 0.412. The van der Waals surface area contributed by atoms with Crippen molar-refractivity contribution in [3.63, 3.8) is 0 Å². The van der Waals surface area contributed by atoms with E-state index in [2.05, 4.69) is 25.2 Å². The lowest BCUT2D eigenvalue weighted by atomic mass is 9.95. The molecule has 108 valence electrons. The summed E-state index contributed by atoms with van der Waals surface area (Å²) in [5.41, 5.74) is 3.76. The molecule has 0 aliphatic carbocycles. The van der Waals surface area contributed by atoms with Crippen molar-refractivity contribution >= 4 is 11.6 Å². The van der Waals surface area contributed by atoms with Gasteiger partial charge in [0.15, 0.2) is 0 Å². The average molecular weight is 292 g/mol. The highest BCUT2D eigenvalue weighted by Gasteiger charge is 2.20. The van der Waals surface area contributed by atoms with E-state index in [4.69, 9.17) is 16.0 Å². The minimum Gasteiger partial charge on any atom is -0.466 e. The molecule has 0 spiro atoms. The molecular weight excluding hydrogens is 270 g/mol. The molecule has 1 atom stereocenters. The Labute approximate surface area is 126 Å². The summed E-state index contributed by atoms with van der Waals surface area (Å²) in [5.74, 6) is 2.01. The summed E-state index contributed by atoms with van der Waals surface area (Å²) in [6, 6.07) is 8.32. The molecule has 0 saturated heterocycles. The van der Waals surface area contributed by atoms with Crippen LogP contribution in [0.5, 0.6) is 0 Å². The number of hydrogen-bond donors (Lipinski definition) is 1. The predicted octanol–water partition coefficient (Wildman–Crippen LogP) is 4.75. The molecule has 1 N–H and O–H groups in total. The van der Waals surface area contributed by atoms with Crippen LogP contribution in [0.4, 0.5) is 0 Å². The van der Waals surface area contributed by atoms with Gasteiger partial charge in [0.2, 0.25) is 0 Å². The fourth-order valence-electron chi connectivity index (χ4n) is 2.74. The third kappa shape index (κ3) is 3.25. The second-order valence-corrected chi connectivity index (χ2v) is 5.63. The molecule has 0 aliphatic rings. The zero-order valence-corrected chi connectivity index (χ0v) is 13.3. The van der Waals surface area contributed by atoms with Gasteiger partial charge in [-0.05, 0) is 57.0 Å². The van der Waals surface area contributed by atoms with E-state index in [-0.39, 0.29) is 6.04 Å². The molecular formula is C17H22ClNO. The molecule has 2 aromatic rings. The van der Waals surface area contributed by atoms with Crippen molar-refractivity contribution in [2.24, 2.45) is 0 Å². The highest BCUT2D eigenvalue weighted by atomic mass is 35.5. The van der Waals surface area contributed by atoms with Crippen molar-refractivity contribution in [3.05, 3.63) is 57.5 Å². The second-order valence-electron chi connectivity index (χ2n) is 5.20. The zero-order valence-electron chi connectivity index (χ0n) is 12.6. The average Bonchev–Trinajstić information content (AvgIpc) is 2.63. The van der Waals surface area contributed by atoms with Gasteiger partial charge in [-0.3, -0.25) is 0 Å². The third-order valence-electron chi connectivity index (χ3n) is 3.75. The normalized spacial score (nSPS) is 12.7. The molecule has 0 saturated carbocycles. The van der Waals surface area contributed by atoms with Crippen LogP contribution in [0, 0.1) is 20.8 Å². The van der Waals surface area contributed by atoms with Gasteiger partial charge in [-0.2, -0.15) is 0 Å². The van der Waals surface area contributed by atoms with Gasteiger partial charge >= 0.3 is 0 Å². The second kappa shape index (κ2) is 6.47. The van der Waals surface area contributed by atoms with Gasteiger partial charge in [0.1, 0.15) is 11.5 Å². The van der Waals surface area contributed by atoms with E-state index in [1.165, 1.54) is 16.7 Å². The van der Waals surface area contributed by atoms with Crippen LogP contribution in [-0.4, -0.2) is 6.54 Å². The minimum atomic E-state index is 0.260. The molecule has 2 nitrogen and oxygen atoms in total. The number of halogens is 1. The molecule has 1 aromatic heterocycles. The molecule has 0 radical (unpaired) electrons. The molecule has 20 heavy (non-hydrogen) atoms. The largest absolute Gasteiger partial charge is 0.466 e. The number of aryl methyl sites for hydroxylation is 2. The summed E-state index contributed by atoms with van der Waals surface area (Å²) in [4.78, 5) is 0. The lowest BCUT2D eigenvalue weighted by Crippen LogP contribution is -2.24. The van der Waals surface area contributed by atoms with Gasteiger partial charge in [0.05, 0.1) is 0 Å². The first-order valence-electron chi connectivity index (χ1n) is 7.07. The molecule has 1 aromatic carbocycles. The van der Waals surface area contributed by atoms with E-state index in [0.717, 1.165) is 29.5 Å². The number of furan rings is 1. The molecule has 3 heteroatoms. The Bertz CT molecular complexity index is 589. The van der Waals surface area contributed by atoms with E-state index in [9.17, 15) is 0 Å². The van der Waals surface area contributed by atoms with Gasteiger partial charge in [0.25, 0.3) is 0 Å². The topological polar surface area (TPSA) is 25.2 Å². The van der Waals surface area contributed by atoms with Crippen molar-refractivity contribution in [2.45, 2.75) is 40.2 Å². The maximum atomic E-state index is 6.08. The first kappa shape index (κ1) is 15.1. The van der Waals surface area contributed by atoms with Crippen LogP contribution in [-0.2, 0) is 6.42 Å². The Kier molecular flexibility index (Phi) is 4.90. The van der Waals surface area contributed by atoms with Crippen molar-refractivity contribution in [1.29, 1.82) is 0 Å². The third-order valence-corrected chi connectivity index (χ3v) is 3.98. The molecule has 2 rings (SSSR count). The zero-order chi connectivity index (χ0) is 14.7. The Morgan fingerprint density at radius 2 is 1.95 bits per heavy atom. The van der Waals surface area contributed by atoms with Crippen LogP contribution in [0.1, 0.15) is 41.2 Å². The number of rotatable bonds is 5. The van der Waals surface area contributed by atoms with Crippen LogP contribution >= 0.6 is 11.6 Å². The highest BCUT2D eigenvalue weighted by molar-refractivity contribution is 6.30. The van der Waals surface area contributed by atoms with Crippen molar-refractivity contribution in [2.75, 3.05) is 6.54 Å². The number of benzene rings is 1. The Balaban J connectivity index is 2.31.